The summed E-state index contributed by atoms with van der Waals surface area (Å²) in [6, 6.07) is 7.92. The van der Waals surface area contributed by atoms with Crippen molar-refractivity contribution in [3.63, 3.8) is 0 Å². The molecule has 1 saturated heterocycles. The summed E-state index contributed by atoms with van der Waals surface area (Å²) in [5.74, 6) is 0.336. The number of anilines is 2. The van der Waals surface area contributed by atoms with E-state index in [0.717, 1.165) is 19.1 Å². The average molecular weight is 523 g/mol. The molecular formula is C24H31ClN4O5S. The number of halogens is 1. The molecule has 0 unspecified atom stereocenters. The van der Waals surface area contributed by atoms with Gasteiger partial charge >= 0.3 is 6.09 Å². The predicted octanol–water partition coefficient (Wildman–Crippen LogP) is 4.13. The molecule has 0 saturated carbocycles. The maximum Gasteiger partial charge on any atom is 0.407 e. The Morgan fingerprint density at radius 1 is 1.20 bits per heavy atom. The first-order valence-corrected chi connectivity index (χ1v) is 13.6. The molecule has 0 radical (unpaired) electrons. The standard InChI is InChI=1S/C24H31ClN4O5S/c1-24(2,3)34-23(31)27-14-16-8-10-29(11-9-16)21-20(13-19(15-26-21)35(4,32)33)28-22(30)17-6-5-7-18(25)12-17/h5-7,12-13,15-16H,8-11,14H2,1-4H3,(H,27,31)(H,28,30). The lowest BCUT2D eigenvalue weighted by molar-refractivity contribution is 0.0516. The molecule has 1 fully saturated rings. The van der Waals surface area contributed by atoms with Crippen LogP contribution in [0.15, 0.2) is 41.4 Å². The van der Waals surface area contributed by atoms with Crippen LogP contribution < -0.4 is 15.5 Å². The molecule has 0 bridgehead atoms. The molecule has 1 aliphatic heterocycles. The van der Waals surface area contributed by atoms with Gasteiger partial charge in [0.25, 0.3) is 5.91 Å². The number of carbonyl (C=O) groups is 2. The Hall–Kier alpha value is -2.85. The number of pyridine rings is 1. The van der Waals surface area contributed by atoms with Crippen LogP contribution in [0.4, 0.5) is 16.3 Å². The number of benzene rings is 1. The molecule has 0 aliphatic carbocycles. The number of carbonyl (C=O) groups excluding carboxylic acids is 2. The number of nitrogens with one attached hydrogen (secondary N) is 2. The SMILES string of the molecule is CC(C)(C)OC(=O)NCC1CCN(c2ncc(S(C)(=O)=O)cc2NC(=O)c2cccc(Cl)c2)CC1. The van der Waals surface area contributed by atoms with Gasteiger partial charge in [-0.2, -0.15) is 0 Å². The van der Waals surface area contributed by atoms with Crippen LogP contribution in [0, 0.1) is 5.92 Å². The van der Waals surface area contributed by atoms with Crippen molar-refractivity contribution >= 4 is 44.9 Å². The molecular weight excluding hydrogens is 492 g/mol. The highest BCUT2D eigenvalue weighted by Crippen LogP contribution is 2.30. The molecule has 2 aromatic rings. The number of hydrogen-bond acceptors (Lipinski definition) is 7. The molecule has 0 spiro atoms. The minimum Gasteiger partial charge on any atom is -0.444 e. The fourth-order valence-corrected chi connectivity index (χ4v) is 4.47. The zero-order valence-corrected chi connectivity index (χ0v) is 21.9. The first kappa shape index (κ1) is 26.7. The van der Waals surface area contributed by atoms with Gasteiger partial charge in [-0.1, -0.05) is 17.7 Å². The van der Waals surface area contributed by atoms with Gasteiger partial charge in [0, 0.05) is 42.7 Å². The molecule has 2 N–H and O–H groups in total. The first-order chi connectivity index (χ1) is 16.3. The van der Waals surface area contributed by atoms with Crippen molar-refractivity contribution in [1.82, 2.24) is 10.3 Å². The monoisotopic (exact) mass is 522 g/mol. The fraction of sp³-hybridized carbons (Fsp3) is 0.458. The third-order valence-electron chi connectivity index (χ3n) is 5.45. The fourth-order valence-electron chi connectivity index (χ4n) is 3.70. The molecule has 2 heterocycles. The normalized spacial score (nSPS) is 14.9. The Morgan fingerprint density at radius 2 is 1.89 bits per heavy atom. The molecule has 3 rings (SSSR count). The molecule has 9 nitrogen and oxygen atoms in total. The quantitative estimate of drug-likeness (QED) is 0.585. The zero-order chi connectivity index (χ0) is 25.8. The average Bonchev–Trinajstić information content (AvgIpc) is 2.76. The van der Waals surface area contributed by atoms with E-state index < -0.39 is 27.4 Å². The van der Waals surface area contributed by atoms with E-state index in [1.807, 2.05) is 25.7 Å². The number of aromatic nitrogens is 1. The zero-order valence-electron chi connectivity index (χ0n) is 20.3. The number of rotatable bonds is 6. The van der Waals surface area contributed by atoms with E-state index in [4.69, 9.17) is 16.3 Å². The molecule has 1 aromatic carbocycles. The van der Waals surface area contributed by atoms with Crippen LogP contribution in [0.3, 0.4) is 0 Å². The van der Waals surface area contributed by atoms with Crippen molar-refractivity contribution in [2.75, 3.05) is 36.1 Å². The van der Waals surface area contributed by atoms with Gasteiger partial charge in [-0.15, -0.1) is 0 Å². The van der Waals surface area contributed by atoms with E-state index in [1.165, 1.54) is 18.3 Å². The third-order valence-corrected chi connectivity index (χ3v) is 6.77. The van der Waals surface area contributed by atoms with Crippen molar-refractivity contribution in [2.45, 2.75) is 44.1 Å². The van der Waals surface area contributed by atoms with Gasteiger partial charge in [-0.3, -0.25) is 4.79 Å². The predicted molar refractivity (Wildman–Crippen MR) is 136 cm³/mol. The largest absolute Gasteiger partial charge is 0.444 e. The van der Waals surface area contributed by atoms with Crippen LogP contribution in [-0.2, 0) is 14.6 Å². The Bertz CT molecular complexity index is 1190. The van der Waals surface area contributed by atoms with Crippen molar-refractivity contribution < 1.29 is 22.7 Å². The van der Waals surface area contributed by atoms with Crippen LogP contribution in [0.25, 0.3) is 0 Å². The molecule has 35 heavy (non-hydrogen) atoms. The van der Waals surface area contributed by atoms with Gasteiger partial charge < -0.3 is 20.3 Å². The second-order valence-corrected chi connectivity index (χ2v) is 12.0. The minimum atomic E-state index is -3.52. The van der Waals surface area contributed by atoms with Gasteiger partial charge in [0.2, 0.25) is 0 Å². The maximum absolute atomic E-state index is 12.8. The minimum absolute atomic E-state index is 0.0130. The summed E-state index contributed by atoms with van der Waals surface area (Å²) in [6.45, 7) is 7.21. The highest BCUT2D eigenvalue weighted by Gasteiger charge is 2.25. The highest BCUT2D eigenvalue weighted by molar-refractivity contribution is 7.90. The van der Waals surface area contributed by atoms with Gasteiger partial charge in [0.1, 0.15) is 5.60 Å². The number of hydrogen-bond donors (Lipinski definition) is 2. The van der Waals surface area contributed by atoms with Gasteiger partial charge in [0.05, 0.1) is 10.6 Å². The third kappa shape index (κ3) is 7.83. The molecule has 2 amide bonds. The lowest BCUT2D eigenvalue weighted by Gasteiger charge is -2.34. The Morgan fingerprint density at radius 3 is 2.49 bits per heavy atom. The number of alkyl carbamates (subject to hydrolysis) is 1. The van der Waals surface area contributed by atoms with Gasteiger partial charge in [0.15, 0.2) is 15.7 Å². The summed E-state index contributed by atoms with van der Waals surface area (Å²) in [5, 5.41) is 6.03. The van der Waals surface area contributed by atoms with Crippen molar-refractivity contribution in [3.05, 3.63) is 47.1 Å². The van der Waals surface area contributed by atoms with Crippen molar-refractivity contribution in [2.24, 2.45) is 5.92 Å². The van der Waals surface area contributed by atoms with E-state index in [9.17, 15) is 18.0 Å². The number of amides is 2. The van der Waals surface area contributed by atoms with E-state index in [0.29, 0.717) is 41.7 Å². The van der Waals surface area contributed by atoms with E-state index in [2.05, 4.69) is 15.6 Å². The molecule has 1 aliphatic rings. The second kappa shape index (κ2) is 10.8. The van der Waals surface area contributed by atoms with E-state index >= 15 is 0 Å². The summed E-state index contributed by atoms with van der Waals surface area (Å²) < 4.78 is 29.5. The van der Waals surface area contributed by atoms with Gasteiger partial charge in [-0.25, -0.2) is 18.2 Å². The second-order valence-electron chi connectivity index (χ2n) is 9.59. The van der Waals surface area contributed by atoms with Crippen LogP contribution >= 0.6 is 11.6 Å². The van der Waals surface area contributed by atoms with Crippen LogP contribution in [0.5, 0.6) is 0 Å². The number of ether oxygens (including phenoxy) is 1. The van der Waals surface area contributed by atoms with Gasteiger partial charge in [-0.05, 0) is 63.8 Å². The van der Waals surface area contributed by atoms with Crippen LogP contribution in [-0.4, -0.2) is 56.9 Å². The topological polar surface area (TPSA) is 118 Å². The number of piperidine rings is 1. The number of sulfone groups is 1. The highest BCUT2D eigenvalue weighted by atomic mass is 35.5. The summed E-state index contributed by atoms with van der Waals surface area (Å²) in [4.78, 5) is 31.2. The summed E-state index contributed by atoms with van der Waals surface area (Å²) in [6.07, 6.45) is 3.52. The Kier molecular flexibility index (Phi) is 8.27. The molecule has 11 heteroatoms. The van der Waals surface area contributed by atoms with Crippen LogP contribution in [0.2, 0.25) is 5.02 Å². The number of nitrogens with zero attached hydrogens (tertiary/aromatic N) is 2. The van der Waals surface area contributed by atoms with Crippen molar-refractivity contribution in [3.8, 4) is 0 Å². The smallest absolute Gasteiger partial charge is 0.407 e. The van der Waals surface area contributed by atoms with E-state index in [1.54, 1.807) is 18.2 Å². The van der Waals surface area contributed by atoms with Crippen LogP contribution in [0.1, 0.15) is 44.0 Å². The Balaban J connectivity index is 1.72. The molecule has 0 atom stereocenters. The summed E-state index contributed by atoms with van der Waals surface area (Å²) >= 11 is 6.01. The summed E-state index contributed by atoms with van der Waals surface area (Å²) in [5.41, 5.74) is 0.103. The maximum atomic E-state index is 12.8. The van der Waals surface area contributed by atoms with E-state index in [-0.39, 0.29) is 10.8 Å². The Labute approximate surface area is 211 Å². The molecule has 1 aromatic heterocycles. The lowest BCUT2D eigenvalue weighted by atomic mass is 9.97. The lowest BCUT2D eigenvalue weighted by Crippen LogP contribution is -2.40. The first-order valence-electron chi connectivity index (χ1n) is 11.3. The molecule has 190 valence electrons. The summed E-state index contributed by atoms with van der Waals surface area (Å²) in [7, 11) is -3.52. The van der Waals surface area contributed by atoms with Crippen molar-refractivity contribution in [1.29, 1.82) is 0 Å².